The molecule has 0 spiro atoms. The molecule has 0 radical (unpaired) electrons. The number of benzene rings is 1. The first-order valence-electron chi connectivity index (χ1n) is 6.90. The third kappa shape index (κ3) is 3.93. The van der Waals surface area contributed by atoms with Gasteiger partial charge in [-0.3, -0.25) is 4.90 Å². The lowest BCUT2D eigenvalue weighted by atomic mass is 9.97. The highest BCUT2D eigenvalue weighted by Gasteiger charge is 2.28. The van der Waals surface area contributed by atoms with Crippen molar-refractivity contribution in [3.63, 3.8) is 0 Å². The van der Waals surface area contributed by atoms with Gasteiger partial charge in [0.25, 0.3) is 0 Å². The molecule has 2 unspecified atom stereocenters. The minimum Gasteiger partial charge on any atom is -0.315 e. The van der Waals surface area contributed by atoms with Crippen molar-refractivity contribution in [1.29, 1.82) is 0 Å². The van der Waals surface area contributed by atoms with Crippen LogP contribution >= 0.6 is 11.6 Å². The van der Waals surface area contributed by atoms with E-state index in [0.29, 0.717) is 12.1 Å². The molecule has 1 aliphatic rings. The molecule has 106 valence electrons. The molecule has 1 fully saturated rings. The topological polar surface area (TPSA) is 18.5 Å². The Morgan fingerprint density at radius 1 is 1.37 bits per heavy atom. The van der Waals surface area contributed by atoms with E-state index in [-0.39, 0.29) is 0 Å². The van der Waals surface area contributed by atoms with Crippen molar-refractivity contribution in [2.45, 2.75) is 18.5 Å². The highest BCUT2D eigenvalue weighted by Crippen LogP contribution is 2.17. The van der Waals surface area contributed by atoms with Crippen LogP contribution < -0.4 is 5.32 Å². The maximum Gasteiger partial charge on any atom is 0.0408 e. The fourth-order valence-electron chi connectivity index (χ4n) is 2.83. The molecule has 1 saturated heterocycles. The van der Waals surface area contributed by atoms with Gasteiger partial charge in [-0.2, -0.15) is 0 Å². The van der Waals surface area contributed by atoms with Gasteiger partial charge < -0.3 is 10.2 Å². The van der Waals surface area contributed by atoms with E-state index in [1.54, 1.807) is 0 Å². The van der Waals surface area contributed by atoms with E-state index < -0.39 is 0 Å². The van der Waals surface area contributed by atoms with Gasteiger partial charge >= 0.3 is 0 Å². The van der Waals surface area contributed by atoms with Gasteiger partial charge in [0.05, 0.1) is 0 Å². The van der Waals surface area contributed by atoms with E-state index in [1.165, 1.54) is 5.56 Å². The Kier molecular flexibility index (Phi) is 5.22. The zero-order valence-corrected chi connectivity index (χ0v) is 12.8. The Bertz CT molecular complexity index is 410. The highest BCUT2D eigenvalue weighted by atomic mass is 35.5. The average Bonchev–Trinajstić information content (AvgIpc) is 2.39. The number of rotatable bonds is 4. The van der Waals surface area contributed by atoms with Crippen LogP contribution in [0, 0.1) is 0 Å². The molecule has 3 nitrogen and oxygen atoms in total. The van der Waals surface area contributed by atoms with E-state index in [2.05, 4.69) is 48.4 Å². The molecule has 1 aliphatic heterocycles. The first kappa shape index (κ1) is 14.8. The van der Waals surface area contributed by atoms with Crippen LogP contribution in [0.25, 0.3) is 0 Å². The first-order valence-corrected chi connectivity index (χ1v) is 7.28. The van der Waals surface area contributed by atoms with Gasteiger partial charge in [0.15, 0.2) is 0 Å². The third-order valence-corrected chi connectivity index (χ3v) is 4.31. The standard InChI is InChI=1S/C15H24ClN3/c1-17-14(10-12-5-4-6-13(16)9-12)15-11-18(2)7-8-19(15)3/h4-6,9,14-15,17H,7-8,10-11H2,1-3H3. The maximum absolute atomic E-state index is 6.07. The fraction of sp³-hybridized carbons (Fsp3) is 0.600. The van der Waals surface area contributed by atoms with Crippen molar-refractivity contribution >= 4 is 11.6 Å². The van der Waals surface area contributed by atoms with Gasteiger partial charge in [-0.25, -0.2) is 0 Å². The van der Waals surface area contributed by atoms with Crippen molar-refractivity contribution in [3.8, 4) is 0 Å². The molecule has 4 heteroatoms. The lowest BCUT2D eigenvalue weighted by Gasteiger charge is -2.42. The van der Waals surface area contributed by atoms with Crippen LogP contribution in [-0.2, 0) is 6.42 Å². The maximum atomic E-state index is 6.07. The summed E-state index contributed by atoms with van der Waals surface area (Å²) in [5, 5.41) is 4.30. The number of nitrogens with zero attached hydrogens (tertiary/aromatic N) is 2. The average molecular weight is 282 g/mol. The summed E-state index contributed by atoms with van der Waals surface area (Å²) >= 11 is 6.07. The molecule has 0 amide bonds. The van der Waals surface area contributed by atoms with Gasteiger partial charge in [-0.1, -0.05) is 23.7 Å². The summed E-state index contributed by atoms with van der Waals surface area (Å²) in [4.78, 5) is 4.87. The van der Waals surface area contributed by atoms with Crippen molar-refractivity contribution in [2.24, 2.45) is 0 Å². The largest absolute Gasteiger partial charge is 0.315 e. The molecule has 0 aromatic heterocycles. The molecule has 0 bridgehead atoms. The van der Waals surface area contributed by atoms with Crippen LogP contribution in [0.3, 0.4) is 0 Å². The van der Waals surface area contributed by atoms with E-state index in [1.807, 2.05) is 12.1 Å². The zero-order valence-electron chi connectivity index (χ0n) is 12.1. The summed E-state index contributed by atoms with van der Waals surface area (Å²) in [6.45, 7) is 3.40. The number of likely N-dealkylation sites (N-methyl/N-ethyl adjacent to an activating group) is 3. The van der Waals surface area contributed by atoms with Gasteiger partial charge in [0.1, 0.15) is 0 Å². The van der Waals surface area contributed by atoms with Gasteiger partial charge in [-0.05, 0) is 45.3 Å². The Labute approximate surface area is 121 Å². The van der Waals surface area contributed by atoms with E-state index in [9.17, 15) is 0 Å². The van der Waals surface area contributed by atoms with Crippen molar-refractivity contribution in [1.82, 2.24) is 15.1 Å². The second-order valence-electron chi connectivity index (χ2n) is 5.54. The second kappa shape index (κ2) is 6.71. The monoisotopic (exact) mass is 281 g/mol. The summed E-state index contributed by atoms with van der Waals surface area (Å²) in [5.74, 6) is 0. The molecule has 1 N–H and O–H groups in total. The SMILES string of the molecule is CNC(Cc1cccc(Cl)c1)C1CN(C)CCN1C. The molecule has 19 heavy (non-hydrogen) atoms. The normalized spacial score (nSPS) is 23.5. The number of hydrogen-bond donors (Lipinski definition) is 1. The van der Waals surface area contributed by atoms with Gasteiger partial charge in [0, 0.05) is 36.7 Å². The molecule has 2 atom stereocenters. The molecule has 1 aromatic rings. The van der Waals surface area contributed by atoms with Crippen molar-refractivity contribution in [2.75, 3.05) is 40.8 Å². The molecule has 2 rings (SSSR count). The quantitative estimate of drug-likeness (QED) is 0.907. The Balaban J connectivity index is 2.06. The Hall–Kier alpha value is -0.610. The van der Waals surface area contributed by atoms with Crippen molar-refractivity contribution in [3.05, 3.63) is 34.9 Å². The summed E-state index contributed by atoms with van der Waals surface area (Å²) in [6, 6.07) is 9.18. The highest BCUT2D eigenvalue weighted by molar-refractivity contribution is 6.30. The molecule has 0 aliphatic carbocycles. The number of halogens is 1. The lowest BCUT2D eigenvalue weighted by Crippen LogP contribution is -2.58. The molecule has 1 heterocycles. The van der Waals surface area contributed by atoms with Crippen LogP contribution in [0.1, 0.15) is 5.56 Å². The Morgan fingerprint density at radius 3 is 2.84 bits per heavy atom. The zero-order chi connectivity index (χ0) is 13.8. The predicted molar refractivity (Wildman–Crippen MR) is 81.9 cm³/mol. The van der Waals surface area contributed by atoms with Gasteiger partial charge in [0.2, 0.25) is 0 Å². The first-order chi connectivity index (χ1) is 9.10. The molecule has 0 saturated carbocycles. The van der Waals surface area contributed by atoms with E-state index in [0.717, 1.165) is 31.1 Å². The number of hydrogen-bond acceptors (Lipinski definition) is 3. The minimum absolute atomic E-state index is 0.450. The summed E-state index contributed by atoms with van der Waals surface area (Å²) in [6.07, 6.45) is 1.01. The molecular formula is C15H24ClN3. The van der Waals surface area contributed by atoms with Crippen LogP contribution in [0.5, 0.6) is 0 Å². The van der Waals surface area contributed by atoms with E-state index >= 15 is 0 Å². The number of nitrogens with one attached hydrogen (secondary N) is 1. The van der Waals surface area contributed by atoms with E-state index in [4.69, 9.17) is 11.6 Å². The smallest absolute Gasteiger partial charge is 0.0408 e. The van der Waals surface area contributed by atoms with Crippen LogP contribution in [0.15, 0.2) is 24.3 Å². The van der Waals surface area contributed by atoms with Crippen molar-refractivity contribution < 1.29 is 0 Å². The van der Waals surface area contributed by atoms with Crippen LogP contribution in [0.4, 0.5) is 0 Å². The summed E-state index contributed by atoms with van der Waals surface area (Å²) in [7, 11) is 6.48. The Morgan fingerprint density at radius 2 is 2.16 bits per heavy atom. The number of piperazine rings is 1. The van der Waals surface area contributed by atoms with Crippen LogP contribution in [-0.4, -0.2) is 62.7 Å². The predicted octanol–water partition coefficient (Wildman–Crippen LogP) is 1.72. The third-order valence-electron chi connectivity index (χ3n) is 4.08. The summed E-state index contributed by atoms with van der Waals surface area (Å²) < 4.78 is 0. The molecular weight excluding hydrogens is 258 g/mol. The molecule has 1 aromatic carbocycles. The fourth-order valence-corrected chi connectivity index (χ4v) is 3.04. The minimum atomic E-state index is 0.450. The van der Waals surface area contributed by atoms with Crippen LogP contribution in [0.2, 0.25) is 5.02 Å². The summed E-state index contributed by atoms with van der Waals surface area (Å²) in [5.41, 5.74) is 1.30. The second-order valence-corrected chi connectivity index (χ2v) is 5.98. The lowest BCUT2D eigenvalue weighted by molar-refractivity contribution is 0.0897. The van der Waals surface area contributed by atoms with Gasteiger partial charge in [-0.15, -0.1) is 0 Å².